The molecule has 32 heavy (non-hydrogen) atoms. The van der Waals surface area contributed by atoms with Gasteiger partial charge in [0.25, 0.3) is 10.0 Å². The third-order valence-electron chi connectivity index (χ3n) is 4.53. The highest BCUT2D eigenvalue weighted by Gasteiger charge is 2.25. The number of benzene rings is 3. The largest absolute Gasteiger partial charge is 0.281 e. The van der Waals surface area contributed by atoms with Gasteiger partial charge in [-0.3, -0.25) is 4.72 Å². The first-order valence-corrected chi connectivity index (χ1v) is 12.6. The van der Waals surface area contributed by atoms with E-state index in [9.17, 15) is 16.8 Å². The summed E-state index contributed by atoms with van der Waals surface area (Å²) in [7, 11) is -8.19. The van der Waals surface area contributed by atoms with Crippen LogP contribution >= 0.6 is 11.6 Å². The third-order valence-corrected chi connectivity index (χ3v) is 6.99. The van der Waals surface area contributed by atoms with E-state index in [1.807, 2.05) is 0 Å². The van der Waals surface area contributed by atoms with Gasteiger partial charge in [0.05, 0.1) is 11.4 Å². The fourth-order valence-corrected chi connectivity index (χ4v) is 4.93. The van der Waals surface area contributed by atoms with Crippen molar-refractivity contribution < 1.29 is 16.8 Å². The molecule has 0 aliphatic carbocycles. The summed E-state index contributed by atoms with van der Waals surface area (Å²) in [5.41, 5.74) is 1.39. The zero-order valence-corrected chi connectivity index (χ0v) is 18.8. The summed E-state index contributed by atoms with van der Waals surface area (Å²) in [5, 5.41) is 9.81. The van der Waals surface area contributed by atoms with Gasteiger partial charge >= 0.3 is 0 Å². The quantitative estimate of drug-likeness (QED) is 0.428. The van der Waals surface area contributed by atoms with E-state index in [0.717, 1.165) is 0 Å². The molecule has 0 saturated carbocycles. The second-order valence-corrected chi connectivity index (χ2v) is 10.4. The smallest absolute Gasteiger partial charge is 0.278 e. The first kappa shape index (κ1) is 22.0. The van der Waals surface area contributed by atoms with E-state index in [1.165, 1.54) is 28.9 Å². The van der Waals surface area contributed by atoms with Gasteiger partial charge in [0.15, 0.2) is 5.03 Å². The van der Waals surface area contributed by atoms with Crippen molar-refractivity contribution >= 4 is 37.3 Å². The Morgan fingerprint density at radius 2 is 1.47 bits per heavy atom. The topological polar surface area (TPSA) is 124 Å². The summed E-state index contributed by atoms with van der Waals surface area (Å²) in [6.07, 6.45) is 0. The van der Waals surface area contributed by atoms with E-state index in [4.69, 9.17) is 16.7 Å². The number of sulfonamides is 2. The lowest BCUT2D eigenvalue weighted by molar-refractivity contribution is 0.595. The van der Waals surface area contributed by atoms with Crippen LogP contribution in [0.4, 0.5) is 5.69 Å². The minimum absolute atomic E-state index is 0.112. The molecule has 0 bridgehead atoms. The summed E-state index contributed by atoms with van der Waals surface area (Å²) in [4.78, 5) is -0.196. The fraction of sp³-hybridized carbons (Fsp3) is 0. The molecule has 1 aromatic heterocycles. The van der Waals surface area contributed by atoms with Crippen molar-refractivity contribution in [3.63, 3.8) is 0 Å². The number of para-hydroxylation sites is 2. The molecule has 3 N–H and O–H groups in total. The Balaban J connectivity index is 1.92. The predicted molar refractivity (Wildman–Crippen MR) is 123 cm³/mol. The van der Waals surface area contributed by atoms with Crippen LogP contribution in [0.5, 0.6) is 0 Å². The average molecular weight is 489 g/mol. The fourth-order valence-electron chi connectivity index (χ4n) is 3.09. The van der Waals surface area contributed by atoms with E-state index in [2.05, 4.69) is 9.82 Å². The average Bonchev–Trinajstić information content (AvgIpc) is 3.20. The Bertz CT molecular complexity index is 1480. The zero-order valence-electron chi connectivity index (χ0n) is 16.4. The van der Waals surface area contributed by atoms with Crippen LogP contribution in [0.1, 0.15) is 0 Å². The summed E-state index contributed by atoms with van der Waals surface area (Å²) < 4.78 is 54.0. The number of anilines is 1. The highest BCUT2D eigenvalue weighted by molar-refractivity contribution is 7.92. The molecule has 4 rings (SSSR count). The molecule has 1 heterocycles. The van der Waals surface area contributed by atoms with E-state index >= 15 is 0 Å². The number of nitrogens with two attached hydrogens (primary N) is 1. The van der Waals surface area contributed by atoms with Crippen LogP contribution in [0.3, 0.4) is 0 Å². The molecule has 8 nitrogen and oxygen atoms in total. The lowest BCUT2D eigenvalue weighted by Crippen LogP contribution is -2.17. The molecule has 0 spiro atoms. The van der Waals surface area contributed by atoms with Crippen LogP contribution in [0, 0.1) is 0 Å². The van der Waals surface area contributed by atoms with Crippen molar-refractivity contribution in [2.24, 2.45) is 5.14 Å². The van der Waals surface area contributed by atoms with E-state index in [-0.39, 0.29) is 15.6 Å². The number of nitrogens with one attached hydrogen (secondary N) is 1. The van der Waals surface area contributed by atoms with Gasteiger partial charge in [-0.2, -0.15) is 13.5 Å². The Kier molecular flexibility index (Phi) is 5.78. The Morgan fingerprint density at radius 1 is 0.844 bits per heavy atom. The van der Waals surface area contributed by atoms with E-state index in [1.54, 1.807) is 60.7 Å². The number of halogens is 1. The predicted octanol–water partition coefficient (Wildman–Crippen LogP) is 3.64. The standard InChI is InChI=1S/C21H17ClN4O4S2/c22-16-12-10-15(11-13-16)19-14-21(32(29,30)25-17-6-2-1-3-7-17)24-26(19)18-8-4-5-9-20(18)31(23,27)28/h1-14,25H,(H2,23,27,28). The van der Waals surface area contributed by atoms with Crippen LogP contribution in [0.25, 0.3) is 16.9 Å². The molecule has 0 atom stereocenters. The van der Waals surface area contributed by atoms with Crippen LogP contribution in [0.15, 0.2) is 94.9 Å². The SMILES string of the molecule is NS(=O)(=O)c1ccccc1-n1nc(S(=O)(=O)Nc2ccccc2)cc1-c1ccc(Cl)cc1. The van der Waals surface area contributed by atoms with E-state index in [0.29, 0.717) is 22.0 Å². The molecule has 3 aromatic carbocycles. The molecule has 4 aromatic rings. The van der Waals surface area contributed by atoms with Crippen LogP contribution < -0.4 is 9.86 Å². The first-order chi connectivity index (χ1) is 15.1. The van der Waals surface area contributed by atoms with Crippen LogP contribution in [0.2, 0.25) is 5.02 Å². The third kappa shape index (κ3) is 4.53. The van der Waals surface area contributed by atoms with Crippen molar-refractivity contribution in [1.82, 2.24) is 9.78 Å². The second-order valence-electron chi connectivity index (χ2n) is 6.77. The highest BCUT2D eigenvalue weighted by Crippen LogP contribution is 2.30. The maximum absolute atomic E-state index is 13.0. The van der Waals surface area contributed by atoms with Gasteiger partial charge in [-0.05, 0) is 36.4 Å². The summed E-state index contributed by atoms with van der Waals surface area (Å²) in [6, 6.07) is 22.3. The Morgan fingerprint density at radius 3 is 2.12 bits per heavy atom. The number of primary sulfonamides is 1. The van der Waals surface area contributed by atoms with Crippen LogP contribution in [-0.4, -0.2) is 26.6 Å². The minimum atomic E-state index is -4.11. The van der Waals surface area contributed by atoms with Gasteiger partial charge in [-0.15, -0.1) is 0 Å². The van der Waals surface area contributed by atoms with Crippen molar-refractivity contribution in [3.05, 3.63) is 90.0 Å². The summed E-state index contributed by atoms with van der Waals surface area (Å²) in [5.74, 6) is 0. The van der Waals surface area contributed by atoms with Crippen molar-refractivity contribution in [2.75, 3.05) is 4.72 Å². The normalized spacial score (nSPS) is 11.9. The maximum atomic E-state index is 13.0. The second kappa shape index (κ2) is 8.40. The molecule has 0 radical (unpaired) electrons. The molecular weight excluding hydrogens is 472 g/mol. The lowest BCUT2D eigenvalue weighted by atomic mass is 10.1. The zero-order chi connectivity index (χ0) is 22.9. The molecular formula is C21H17ClN4O4S2. The molecule has 0 amide bonds. The number of nitrogens with zero attached hydrogens (tertiary/aromatic N) is 2. The van der Waals surface area contributed by atoms with E-state index < -0.39 is 20.0 Å². The molecule has 0 aliphatic rings. The number of aromatic nitrogens is 2. The Hall–Kier alpha value is -3.18. The van der Waals surface area contributed by atoms with Crippen molar-refractivity contribution in [3.8, 4) is 16.9 Å². The molecule has 0 unspecified atom stereocenters. The molecule has 0 aliphatic heterocycles. The molecule has 11 heteroatoms. The lowest BCUT2D eigenvalue weighted by Gasteiger charge is -2.11. The number of hydrogen-bond acceptors (Lipinski definition) is 5. The Labute approximate surface area is 190 Å². The van der Waals surface area contributed by atoms with Crippen LogP contribution in [-0.2, 0) is 20.0 Å². The van der Waals surface area contributed by atoms with Gasteiger partial charge in [-0.25, -0.2) is 18.2 Å². The van der Waals surface area contributed by atoms with Gasteiger partial charge in [0.2, 0.25) is 10.0 Å². The number of hydrogen-bond donors (Lipinski definition) is 2. The minimum Gasteiger partial charge on any atom is -0.278 e. The maximum Gasteiger partial charge on any atom is 0.281 e. The van der Waals surface area contributed by atoms with Gasteiger partial charge < -0.3 is 0 Å². The highest BCUT2D eigenvalue weighted by atomic mass is 35.5. The van der Waals surface area contributed by atoms with Gasteiger partial charge in [0, 0.05) is 22.3 Å². The first-order valence-electron chi connectivity index (χ1n) is 9.21. The van der Waals surface area contributed by atoms with Gasteiger partial charge in [-0.1, -0.05) is 54.1 Å². The molecule has 0 fully saturated rings. The summed E-state index contributed by atoms with van der Waals surface area (Å²) >= 11 is 5.98. The number of rotatable bonds is 6. The van der Waals surface area contributed by atoms with Gasteiger partial charge in [0.1, 0.15) is 4.90 Å². The molecule has 164 valence electrons. The van der Waals surface area contributed by atoms with Crippen molar-refractivity contribution in [2.45, 2.75) is 9.92 Å². The molecule has 0 saturated heterocycles. The monoisotopic (exact) mass is 488 g/mol. The summed E-state index contributed by atoms with van der Waals surface area (Å²) in [6.45, 7) is 0. The van der Waals surface area contributed by atoms with Crippen molar-refractivity contribution in [1.29, 1.82) is 0 Å².